The molecule has 2 saturated heterocycles. The lowest BCUT2D eigenvalue weighted by Gasteiger charge is -2.34. The highest BCUT2D eigenvalue weighted by Crippen LogP contribution is 2.26. The maximum absolute atomic E-state index is 12.6. The molecule has 1 aromatic heterocycles. The van der Waals surface area contributed by atoms with Gasteiger partial charge in [-0.3, -0.25) is 14.7 Å². The van der Waals surface area contributed by atoms with Crippen LogP contribution in [0, 0.1) is 0 Å². The molecule has 2 N–H and O–H groups in total. The summed E-state index contributed by atoms with van der Waals surface area (Å²) < 4.78 is 0. The summed E-state index contributed by atoms with van der Waals surface area (Å²) in [5.74, 6) is 1.73. The first-order valence-electron chi connectivity index (χ1n) is 11.7. The van der Waals surface area contributed by atoms with Crippen molar-refractivity contribution in [2.45, 2.75) is 50.6 Å². The Morgan fingerprint density at radius 2 is 1.81 bits per heavy atom. The largest absolute Gasteiger partial charge is 0.356 e. The van der Waals surface area contributed by atoms with Crippen LogP contribution in [-0.2, 0) is 4.79 Å². The Labute approximate surface area is 208 Å². The zero-order valence-corrected chi connectivity index (χ0v) is 21.4. The molecule has 1 saturated carbocycles. The lowest BCUT2D eigenvalue weighted by Crippen LogP contribution is -2.50. The van der Waals surface area contributed by atoms with Crippen molar-refractivity contribution in [3.05, 3.63) is 18.5 Å². The number of hydrogen-bond donors (Lipinski definition) is 2. The second-order valence-electron chi connectivity index (χ2n) is 8.73. The number of likely N-dealkylation sites (tertiary alicyclic amines) is 1. The van der Waals surface area contributed by atoms with Crippen LogP contribution in [0.1, 0.15) is 38.5 Å². The summed E-state index contributed by atoms with van der Waals surface area (Å²) >= 11 is 0. The van der Waals surface area contributed by atoms with Crippen molar-refractivity contribution < 1.29 is 4.79 Å². The van der Waals surface area contributed by atoms with Crippen LogP contribution in [0.15, 0.2) is 23.5 Å². The average molecular weight is 556 g/mol. The van der Waals surface area contributed by atoms with Gasteiger partial charge in [-0.15, -0.1) is 24.0 Å². The molecule has 3 heterocycles. The number of nitrogens with one attached hydrogen (secondary N) is 2. The zero-order valence-electron chi connectivity index (χ0n) is 19.1. The summed E-state index contributed by atoms with van der Waals surface area (Å²) in [6.45, 7) is 5.83. The minimum atomic E-state index is 0. The first-order chi connectivity index (χ1) is 15.2. The number of guanidine groups is 1. The number of nitrogens with zero attached hydrogens (tertiary/aromatic N) is 6. The molecule has 10 heteroatoms. The number of hydrogen-bond acceptors (Lipinski definition) is 6. The molecule has 9 nitrogen and oxygen atoms in total. The van der Waals surface area contributed by atoms with Gasteiger partial charge in [0.2, 0.25) is 11.9 Å². The van der Waals surface area contributed by atoms with Gasteiger partial charge in [0.05, 0.1) is 0 Å². The van der Waals surface area contributed by atoms with Crippen LogP contribution in [0.4, 0.5) is 5.95 Å². The maximum atomic E-state index is 12.6. The monoisotopic (exact) mass is 556 g/mol. The number of aliphatic imine (C=N–C) groups is 1. The third kappa shape index (κ3) is 6.66. The summed E-state index contributed by atoms with van der Waals surface area (Å²) in [5.41, 5.74) is 0. The van der Waals surface area contributed by atoms with Crippen molar-refractivity contribution in [2.75, 3.05) is 57.8 Å². The number of piperazine rings is 1. The number of anilines is 1. The Bertz CT molecular complexity index is 735. The Morgan fingerprint density at radius 1 is 1.09 bits per heavy atom. The highest BCUT2D eigenvalue weighted by atomic mass is 127. The zero-order chi connectivity index (χ0) is 21.5. The minimum Gasteiger partial charge on any atom is -0.356 e. The lowest BCUT2D eigenvalue weighted by molar-refractivity contribution is -0.131. The number of amides is 1. The maximum Gasteiger partial charge on any atom is 0.225 e. The first kappa shape index (κ1) is 24.9. The molecule has 0 spiro atoms. The van der Waals surface area contributed by atoms with Gasteiger partial charge in [-0.2, -0.15) is 0 Å². The fraction of sp³-hybridized carbons (Fsp3) is 0.727. The van der Waals surface area contributed by atoms with Gasteiger partial charge in [0.15, 0.2) is 5.96 Å². The van der Waals surface area contributed by atoms with Crippen molar-refractivity contribution >= 4 is 41.8 Å². The van der Waals surface area contributed by atoms with Crippen molar-refractivity contribution in [1.29, 1.82) is 0 Å². The van der Waals surface area contributed by atoms with E-state index >= 15 is 0 Å². The van der Waals surface area contributed by atoms with Crippen molar-refractivity contribution in [1.82, 2.24) is 30.4 Å². The number of halogens is 1. The summed E-state index contributed by atoms with van der Waals surface area (Å²) in [6.07, 6.45) is 10.6. The topological polar surface area (TPSA) is 89.0 Å². The number of carbonyl (C=O) groups is 1. The molecule has 2 aliphatic heterocycles. The van der Waals surface area contributed by atoms with Gasteiger partial charge in [0.25, 0.3) is 0 Å². The van der Waals surface area contributed by atoms with Gasteiger partial charge in [-0.1, -0.05) is 12.8 Å². The van der Waals surface area contributed by atoms with E-state index in [1.807, 2.05) is 11.0 Å². The van der Waals surface area contributed by atoms with E-state index in [2.05, 4.69) is 35.4 Å². The summed E-state index contributed by atoms with van der Waals surface area (Å²) in [6, 6.07) is 3.04. The molecule has 32 heavy (non-hydrogen) atoms. The molecule has 1 aliphatic carbocycles. The minimum absolute atomic E-state index is 0. The first-order valence-corrected chi connectivity index (χ1v) is 11.7. The van der Waals surface area contributed by atoms with E-state index in [0.29, 0.717) is 32.1 Å². The van der Waals surface area contributed by atoms with E-state index in [-0.39, 0.29) is 29.9 Å². The highest BCUT2D eigenvalue weighted by Gasteiger charge is 2.30. The van der Waals surface area contributed by atoms with E-state index in [4.69, 9.17) is 0 Å². The van der Waals surface area contributed by atoms with E-state index in [9.17, 15) is 4.79 Å². The Balaban J connectivity index is 0.00000289. The average Bonchev–Trinajstić information content (AvgIpc) is 3.51. The second kappa shape index (κ2) is 12.5. The predicted molar refractivity (Wildman–Crippen MR) is 138 cm³/mol. The molecule has 4 rings (SSSR count). The van der Waals surface area contributed by atoms with Gasteiger partial charge >= 0.3 is 0 Å². The van der Waals surface area contributed by atoms with Crippen LogP contribution in [0.2, 0.25) is 0 Å². The van der Waals surface area contributed by atoms with Crippen molar-refractivity contribution in [3.8, 4) is 0 Å². The van der Waals surface area contributed by atoms with E-state index in [0.717, 1.165) is 44.0 Å². The predicted octanol–water partition coefficient (Wildman–Crippen LogP) is 1.32. The standard InChI is InChI=1S/C22H36N8O.HI/c1-23-21(27-18-8-12-30(17-18)19-5-2-3-6-19)24-11-7-20(31)28-13-15-29(16-14-28)22-25-9-4-10-26-22;/h4,9-10,18-19H,2-3,5-8,11-17H2,1H3,(H2,23,24,27);1H. The fourth-order valence-electron chi connectivity index (χ4n) is 4.95. The number of rotatable bonds is 6. The second-order valence-corrected chi connectivity index (χ2v) is 8.73. The fourth-order valence-corrected chi connectivity index (χ4v) is 4.95. The van der Waals surface area contributed by atoms with E-state index in [1.54, 1.807) is 19.4 Å². The third-order valence-electron chi connectivity index (χ3n) is 6.72. The SMILES string of the molecule is CN=C(NCCC(=O)N1CCN(c2ncccn2)CC1)NC1CCN(C2CCCC2)C1.I. The molecule has 178 valence electrons. The lowest BCUT2D eigenvalue weighted by atomic mass is 10.2. The molecule has 3 aliphatic rings. The molecular weight excluding hydrogens is 519 g/mol. The van der Waals surface area contributed by atoms with Gasteiger partial charge in [-0.05, 0) is 25.3 Å². The molecule has 0 radical (unpaired) electrons. The Hall–Kier alpha value is -1.69. The van der Waals surface area contributed by atoms with Crippen LogP contribution in [0.5, 0.6) is 0 Å². The molecule has 1 atom stereocenters. The van der Waals surface area contributed by atoms with Crippen molar-refractivity contribution in [3.63, 3.8) is 0 Å². The van der Waals surface area contributed by atoms with Crippen molar-refractivity contribution in [2.24, 2.45) is 4.99 Å². The molecule has 0 aromatic carbocycles. The van der Waals surface area contributed by atoms with Crippen LogP contribution in [0.25, 0.3) is 0 Å². The molecule has 3 fully saturated rings. The summed E-state index contributed by atoms with van der Waals surface area (Å²) in [7, 11) is 1.80. The van der Waals surface area contributed by atoms with Gasteiger partial charge < -0.3 is 20.4 Å². The summed E-state index contributed by atoms with van der Waals surface area (Å²) in [5, 5.41) is 6.88. The molecule has 1 unspecified atom stereocenters. The van der Waals surface area contributed by atoms with Crippen LogP contribution >= 0.6 is 24.0 Å². The number of aromatic nitrogens is 2. The van der Waals surface area contributed by atoms with Crippen LogP contribution in [0.3, 0.4) is 0 Å². The van der Waals surface area contributed by atoms with E-state index in [1.165, 1.54) is 32.2 Å². The molecule has 1 amide bonds. The number of carbonyl (C=O) groups excluding carboxylic acids is 1. The third-order valence-corrected chi connectivity index (χ3v) is 6.72. The highest BCUT2D eigenvalue weighted by molar-refractivity contribution is 14.0. The van der Waals surface area contributed by atoms with Crippen LogP contribution in [-0.4, -0.2) is 96.6 Å². The smallest absolute Gasteiger partial charge is 0.225 e. The molecular formula is C22H37IN8O. The Kier molecular flexibility index (Phi) is 9.76. The van der Waals surface area contributed by atoms with Gasteiger partial charge in [0.1, 0.15) is 0 Å². The Morgan fingerprint density at radius 3 is 2.50 bits per heavy atom. The normalized spacial score (nSPS) is 22.7. The van der Waals surface area contributed by atoms with E-state index < -0.39 is 0 Å². The summed E-state index contributed by atoms with van der Waals surface area (Å²) in [4.78, 5) is 32.3. The molecule has 1 aromatic rings. The van der Waals surface area contributed by atoms with Gasteiger partial charge in [0, 0.05) is 83.8 Å². The quantitative estimate of drug-likeness (QED) is 0.311. The van der Waals surface area contributed by atoms with Gasteiger partial charge in [-0.25, -0.2) is 9.97 Å². The molecule has 0 bridgehead atoms. The van der Waals surface area contributed by atoms with Crippen LogP contribution < -0.4 is 15.5 Å².